The molecule has 2 heterocycles. The molecule has 1 atom stereocenters. The zero-order valence-electron chi connectivity index (χ0n) is 9.87. The predicted molar refractivity (Wildman–Crippen MR) is 79.8 cm³/mol. The van der Waals surface area contributed by atoms with Crippen molar-refractivity contribution in [2.75, 3.05) is 0 Å². The van der Waals surface area contributed by atoms with Gasteiger partial charge in [-0.2, -0.15) is 0 Å². The fourth-order valence-corrected chi connectivity index (χ4v) is 4.39. The number of alkyl halides is 1. The lowest BCUT2D eigenvalue weighted by Crippen LogP contribution is -1.93. The number of hydrogen-bond donors (Lipinski definition) is 0. The van der Waals surface area contributed by atoms with Crippen molar-refractivity contribution in [3.05, 3.63) is 55.7 Å². The summed E-state index contributed by atoms with van der Waals surface area (Å²) in [5.41, 5.74) is 4.97. The topological polar surface area (TPSA) is 9.23 Å². The molecule has 1 aromatic carbocycles. The van der Waals surface area contributed by atoms with Gasteiger partial charge in [-0.3, -0.25) is 0 Å². The van der Waals surface area contributed by atoms with Crippen molar-refractivity contribution in [2.45, 2.75) is 25.0 Å². The van der Waals surface area contributed by atoms with Crippen LogP contribution < -0.4 is 0 Å². The minimum atomic E-state index is 0.162. The van der Waals surface area contributed by atoms with Crippen molar-refractivity contribution in [1.29, 1.82) is 0 Å². The quantitative estimate of drug-likeness (QED) is 0.679. The molecular formula is C14H12BrClOS. The van der Waals surface area contributed by atoms with Crippen LogP contribution in [0.2, 0.25) is 5.02 Å². The van der Waals surface area contributed by atoms with Gasteiger partial charge in [0.15, 0.2) is 0 Å². The van der Waals surface area contributed by atoms with E-state index >= 15 is 0 Å². The molecule has 2 aromatic rings. The molecule has 18 heavy (non-hydrogen) atoms. The lowest BCUT2D eigenvalue weighted by molar-refractivity contribution is 0.134. The molecule has 1 nitrogen and oxygen atoms in total. The molecule has 0 radical (unpaired) electrons. The van der Waals surface area contributed by atoms with Crippen LogP contribution in [-0.2, 0) is 18.0 Å². The average molecular weight is 344 g/mol. The van der Waals surface area contributed by atoms with Crippen LogP contribution in [0.5, 0.6) is 0 Å². The average Bonchev–Trinajstić information content (AvgIpc) is 2.96. The molecule has 0 bridgehead atoms. The molecule has 1 aliphatic rings. The fourth-order valence-electron chi connectivity index (χ4n) is 2.12. The Morgan fingerprint density at radius 1 is 1.33 bits per heavy atom. The van der Waals surface area contributed by atoms with Gasteiger partial charge in [0.05, 0.1) is 23.1 Å². The maximum absolute atomic E-state index is 6.33. The molecule has 0 spiro atoms. The van der Waals surface area contributed by atoms with Gasteiger partial charge in [0, 0.05) is 4.88 Å². The second kappa shape index (κ2) is 4.97. The van der Waals surface area contributed by atoms with Crippen LogP contribution in [0.4, 0.5) is 0 Å². The second-order valence-electron chi connectivity index (χ2n) is 4.48. The van der Waals surface area contributed by atoms with Crippen LogP contribution in [0.3, 0.4) is 0 Å². The summed E-state index contributed by atoms with van der Waals surface area (Å²) in [6.45, 7) is 3.50. The molecule has 1 aromatic heterocycles. The van der Waals surface area contributed by atoms with Gasteiger partial charge in [0.2, 0.25) is 0 Å². The lowest BCUT2D eigenvalue weighted by atomic mass is 10.0. The number of rotatable bonds is 2. The van der Waals surface area contributed by atoms with Crippen LogP contribution in [0.15, 0.2) is 23.6 Å². The molecule has 0 amide bonds. The Labute approximate surface area is 124 Å². The maximum atomic E-state index is 6.33. The summed E-state index contributed by atoms with van der Waals surface area (Å²) in [6.07, 6.45) is 0. The van der Waals surface area contributed by atoms with Crippen molar-refractivity contribution >= 4 is 38.9 Å². The highest BCUT2D eigenvalue weighted by Gasteiger charge is 2.19. The van der Waals surface area contributed by atoms with Gasteiger partial charge in [0.25, 0.3) is 0 Å². The largest absolute Gasteiger partial charge is 0.372 e. The highest BCUT2D eigenvalue weighted by molar-refractivity contribution is 9.09. The summed E-state index contributed by atoms with van der Waals surface area (Å²) in [5.74, 6) is 0. The molecule has 4 heteroatoms. The molecule has 1 aliphatic heterocycles. The van der Waals surface area contributed by atoms with Gasteiger partial charge in [-0.15, -0.1) is 11.3 Å². The Kier molecular flexibility index (Phi) is 3.50. The van der Waals surface area contributed by atoms with Gasteiger partial charge in [-0.1, -0.05) is 45.7 Å². The first-order valence-corrected chi connectivity index (χ1v) is 7.91. The lowest BCUT2D eigenvalue weighted by Gasteiger charge is -2.10. The number of hydrogen-bond acceptors (Lipinski definition) is 2. The van der Waals surface area contributed by atoms with Crippen molar-refractivity contribution in [3.63, 3.8) is 0 Å². The van der Waals surface area contributed by atoms with Gasteiger partial charge in [-0.25, -0.2) is 0 Å². The summed E-state index contributed by atoms with van der Waals surface area (Å²) in [4.78, 5) is 1.34. The van der Waals surface area contributed by atoms with Gasteiger partial charge in [0.1, 0.15) is 0 Å². The zero-order chi connectivity index (χ0) is 12.7. The van der Waals surface area contributed by atoms with E-state index in [0.29, 0.717) is 0 Å². The van der Waals surface area contributed by atoms with Gasteiger partial charge >= 0.3 is 0 Å². The maximum Gasteiger partial charge on any atom is 0.0753 e. The molecule has 1 unspecified atom stereocenters. The van der Waals surface area contributed by atoms with Crippen LogP contribution in [-0.4, -0.2) is 0 Å². The molecular weight excluding hydrogens is 332 g/mol. The van der Waals surface area contributed by atoms with E-state index in [0.717, 1.165) is 23.8 Å². The van der Waals surface area contributed by atoms with E-state index < -0.39 is 0 Å². The summed E-state index contributed by atoms with van der Waals surface area (Å²) < 4.78 is 5.44. The first-order chi connectivity index (χ1) is 8.66. The summed E-state index contributed by atoms with van der Waals surface area (Å²) in [7, 11) is 0. The van der Waals surface area contributed by atoms with E-state index in [4.69, 9.17) is 16.3 Å². The highest BCUT2D eigenvalue weighted by atomic mass is 79.9. The van der Waals surface area contributed by atoms with E-state index in [9.17, 15) is 0 Å². The SMILES string of the molecule is Cc1csc(C(Br)c2ccc3c(c2)COC3)c1Cl. The number of halogens is 2. The Balaban J connectivity index is 1.97. The van der Waals surface area contributed by atoms with Crippen molar-refractivity contribution in [3.8, 4) is 0 Å². The van der Waals surface area contributed by atoms with Crippen LogP contribution in [0.25, 0.3) is 0 Å². The molecule has 0 aliphatic carbocycles. The number of fused-ring (bicyclic) bond motifs is 1. The van der Waals surface area contributed by atoms with E-state index in [1.54, 1.807) is 11.3 Å². The van der Waals surface area contributed by atoms with Crippen molar-refractivity contribution in [2.24, 2.45) is 0 Å². The monoisotopic (exact) mass is 342 g/mol. The summed E-state index contributed by atoms with van der Waals surface area (Å²) >= 11 is 11.8. The Morgan fingerprint density at radius 2 is 2.11 bits per heavy atom. The molecule has 0 saturated heterocycles. The minimum absolute atomic E-state index is 0.162. The fraction of sp³-hybridized carbons (Fsp3) is 0.286. The van der Waals surface area contributed by atoms with E-state index in [2.05, 4.69) is 39.5 Å². The Hall–Kier alpha value is -0.350. The van der Waals surface area contributed by atoms with Crippen LogP contribution in [0, 0.1) is 6.92 Å². The zero-order valence-corrected chi connectivity index (χ0v) is 13.0. The smallest absolute Gasteiger partial charge is 0.0753 e. The highest BCUT2D eigenvalue weighted by Crippen LogP contribution is 2.41. The third kappa shape index (κ3) is 2.14. The Morgan fingerprint density at radius 3 is 2.83 bits per heavy atom. The number of aryl methyl sites for hydroxylation is 1. The molecule has 0 N–H and O–H groups in total. The van der Waals surface area contributed by atoms with Crippen molar-refractivity contribution < 1.29 is 4.74 Å². The first kappa shape index (κ1) is 12.7. The van der Waals surface area contributed by atoms with Gasteiger partial charge < -0.3 is 4.74 Å². The molecule has 94 valence electrons. The normalized spacial score (nSPS) is 15.7. The predicted octanol–water partition coefficient (Wildman–Crippen LogP) is 5.22. The molecule has 0 fully saturated rings. The van der Waals surface area contributed by atoms with E-state index in [-0.39, 0.29) is 4.83 Å². The number of ether oxygens (including phenoxy) is 1. The van der Waals surface area contributed by atoms with Crippen molar-refractivity contribution in [1.82, 2.24) is 0 Å². The Bertz CT molecular complexity index is 593. The standard InChI is InChI=1S/C14H12BrClOS/c1-8-7-18-14(13(8)16)12(15)9-2-3-10-5-17-6-11(10)4-9/h2-4,7,12H,5-6H2,1H3. The van der Waals surface area contributed by atoms with Crippen LogP contribution in [0.1, 0.15) is 32.0 Å². The van der Waals surface area contributed by atoms with Crippen LogP contribution >= 0.6 is 38.9 Å². The number of thiophene rings is 1. The minimum Gasteiger partial charge on any atom is -0.372 e. The third-order valence-electron chi connectivity index (χ3n) is 3.19. The number of benzene rings is 1. The molecule has 3 rings (SSSR count). The van der Waals surface area contributed by atoms with E-state index in [1.165, 1.54) is 21.6 Å². The summed E-state index contributed by atoms with van der Waals surface area (Å²) in [6, 6.07) is 6.52. The third-order valence-corrected chi connectivity index (χ3v) is 6.26. The summed E-state index contributed by atoms with van der Waals surface area (Å²) in [5, 5.41) is 2.97. The van der Waals surface area contributed by atoms with E-state index in [1.807, 2.05) is 6.92 Å². The van der Waals surface area contributed by atoms with Gasteiger partial charge in [-0.05, 0) is 34.6 Å². The molecule has 0 saturated carbocycles. The second-order valence-corrected chi connectivity index (χ2v) is 6.69. The first-order valence-electron chi connectivity index (χ1n) is 5.74.